The van der Waals surface area contributed by atoms with Crippen molar-refractivity contribution in [3.8, 4) is 5.75 Å². The molecule has 0 bridgehead atoms. The first kappa shape index (κ1) is 16.3. The van der Waals surface area contributed by atoms with Crippen molar-refractivity contribution in [2.24, 2.45) is 11.7 Å². The van der Waals surface area contributed by atoms with E-state index in [0.717, 1.165) is 31.9 Å². The average Bonchev–Trinajstić information content (AvgIpc) is 2.53. The van der Waals surface area contributed by atoms with Gasteiger partial charge in [-0.05, 0) is 68.9 Å². The molecule has 0 radical (unpaired) electrons. The van der Waals surface area contributed by atoms with Gasteiger partial charge in [0.2, 0.25) is 0 Å². The van der Waals surface area contributed by atoms with Crippen LogP contribution in [-0.2, 0) is 0 Å². The Balaban J connectivity index is 2.14. The Morgan fingerprint density at radius 3 is 2.57 bits per heavy atom. The predicted molar refractivity (Wildman–Crippen MR) is 88.6 cm³/mol. The first-order valence-corrected chi connectivity index (χ1v) is 8.47. The number of rotatable bonds is 7. The minimum atomic E-state index is 0.476. The molecule has 21 heavy (non-hydrogen) atoms. The van der Waals surface area contributed by atoms with Crippen molar-refractivity contribution in [1.82, 2.24) is 4.90 Å². The van der Waals surface area contributed by atoms with Gasteiger partial charge in [-0.1, -0.05) is 26.0 Å². The molecular formula is C18H30N2O. The monoisotopic (exact) mass is 290 g/mol. The topological polar surface area (TPSA) is 38.5 Å². The molecule has 0 aliphatic carbocycles. The highest BCUT2D eigenvalue weighted by atomic mass is 16.5. The molecule has 0 saturated carbocycles. The predicted octanol–water partition coefficient (Wildman–Crippen LogP) is 3.60. The van der Waals surface area contributed by atoms with Gasteiger partial charge in [0.05, 0.1) is 6.61 Å². The molecule has 0 aromatic heterocycles. The van der Waals surface area contributed by atoms with Gasteiger partial charge in [0.15, 0.2) is 0 Å². The van der Waals surface area contributed by atoms with E-state index in [9.17, 15) is 0 Å². The largest absolute Gasteiger partial charge is 0.494 e. The molecule has 2 unspecified atom stereocenters. The minimum Gasteiger partial charge on any atom is -0.494 e. The Kier molecular flexibility index (Phi) is 6.52. The number of piperidine rings is 1. The van der Waals surface area contributed by atoms with Crippen LogP contribution in [0.5, 0.6) is 5.75 Å². The van der Waals surface area contributed by atoms with E-state index < -0.39 is 0 Å². The van der Waals surface area contributed by atoms with Gasteiger partial charge >= 0.3 is 0 Å². The molecule has 1 aliphatic heterocycles. The van der Waals surface area contributed by atoms with Crippen molar-refractivity contribution in [2.75, 3.05) is 26.2 Å². The zero-order valence-corrected chi connectivity index (χ0v) is 13.6. The van der Waals surface area contributed by atoms with E-state index in [1.807, 2.05) is 0 Å². The summed E-state index contributed by atoms with van der Waals surface area (Å²) in [7, 11) is 0. The van der Waals surface area contributed by atoms with E-state index in [-0.39, 0.29) is 0 Å². The molecule has 3 nitrogen and oxygen atoms in total. The maximum atomic E-state index is 6.03. The van der Waals surface area contributed by atoms with Crippen molar-refractivity contribution in [3.63, 3.8) is 0 Å². The highest BCUT2D eigenvalue weighted by molar-refractivity contribution is 5.30. The summed E-state index contributed by atoms with van der Waals surface area (Å²) in [6.45, 7) is 8.31. The summed E-state index contributed by atoms with van der Waals surface area (Å²) in [6, 6.07) is 9.15. The first-order valence-electron chi connectivity index (χ1n) is 8.47. The molecular weight excluding hydrogens is 260 g/mol. The Hall–Kier alpha value is -1.06. The van der Waals surface area contributed by atoms with E-state index in [4.69, 9.17) is 10.5 Å². The van der Waals surface area contributed by atoms with Crippen LogP contribution in [0.25, 0.3) is 0 Å². The summed E-state index contributed by atoms with van der Waals surface area (Å²) in [5.41, 5.74) is 7.42. The van der Waals surface area contributed by atoms with Crippen LogP contribution in [0.2, 0.25) is 0 Å². The molecule has 1 fully saturated rings. The fourth-order valence-electron chi connectivity index (χ4n) is 3.40. The van der Waals surface area contributed by atoms with Gasteiger partial charge in [-0.25, -0.2) is 0 Å². The van der Waals surface area contributed by atoms with E-state index in [0.29, 0.717) is 12.0 Å². The number of nitrogens with two attached hydrogens (primary N) is 1. The number of nitrogens with zero attached hydrogens (tertiary/aromatic N) is 1. The highest BCUT2D eigenvalue weighted by Crippen LogP contribution is 2.36. The summed E-state index contributed by atoms with van der Waals surface area (Å²) < 4.78 is 5.69. The lowest BCUT2D eigenvalue weighted by Crippen LogP contribution is -2.41. The summed E-state index contributed by atoms with van der Waals surface area (Å²) in [4.78, 5) is 2.61. The number of ether oxygens (including phenoxy) is 1. The molecule has 0 amide bonds. The van der Waals surface area contributed by atoms with Crippen LogP contribution in [0, 0.1) is 5.92 Å². The Labute approximate surface area is 129 Å². The summed E-state index contributed by atoms with van der Waals surface area (Å²) in [6.07, 6.45) is 4.76. The molecule has 1 aromatic carbocycles. The SMILES string of the molecule is CCCOc1ccc(C2C(CN)CCCN2CCC)cc1. The molecule has 2 atom stereocenters. The van der Waals surface area contributed by atoms with Crippen LogP contribution in [0.1, 0.15) is 51.1 Å². The van der Waals surface area contributed by atoms with E-state index in [1.165, 1.54) is 31.4 Å². The third-order valence-electron chi connectivity index (χ3n) is 4.37. The van der Waals surface area contributed by atoms with Crippen LogP contribution < -0.4 is 10.5 Å². The first-order chi connectivity index (χ1) is 10.3. The van der Waals surface area contributed by atoms with E-state index >= 15 is 0 Å². The van der Waals surface area contributed by atoms with Crippen molar-refractivity contribution < 1.29 is 4.74 Å². The second-order valence-corrected chi connectivity index (χ2v) is 6.04. The number of likely N-dealkylation sites (tertiary alicyclic amines) is 1. The molecule has 1 heterocycles. The summed E-state index contributed by atoms with van der Waals surface area (Å²) in [5.74, 6) is 1.55. The fourth-order valence-corrected chi connectivity index (χ4v) is 3.40. The quantitative estimate of drug-likeness (QED) is 0.834. The van der Waals surface area contributed by atoms with Gasteiger partial charge in [0.25, 0.3) is 0 Å². The third-order valence-corrected chi connectivity index (χ3v) is 4.37. The Bertz CT molecular complexity index is 402. The molecule has 2 rings (SSSR count). The fraction of sp³-hybridized carbons (Fsp3) is 0.667. The molecule has 2 N–H and O–H groups in total. The van der Waals surface area contributed by atoms with Gasteiger partial charge in [-0.2, -0.15) is 0 Å². The summed E-state index contributed by atoms with van der Waals surface area (Å²) >= 11 is 0. The molecule has 118 valence electrons. The number of hydrogen-bond acceptors (Lipinski definition) is 3. The maximum absolute atomic E-state index is 6.03. The second-order valence-electron chi connectivity index (χ2n) is 6.04. The van der Waals surface area contributed by atoms with Crippen LogP contribution in [0.4, 0.5) is 0 Å². The van der Waals surface area contributed by atoms with E-state index in [2.05, 4.69) is 43.0 Å². The molecule has 1 aromatic rings. The lowest BCUT2D eigenvalue weighted by atomic mass is 9.84. The van der Waals surface area contributed by atoms with Crippen LogP contribution in [0.3, 0.4) is 0 Å². The van der Waals surface area contributed by atoms with Crippen molar-refractivity contribution >= 4 is 0 Å². The van der Waals surface area contributed by atoms with Crippen molar-refractivity contribution in [1.29, 1.82) is 0 Å². The molecule has 1 aliphatic rings. The Morgan fingerprint density at radius 2 is 1.95 bits per heavy atom. The van der Waals surface area contributed by atoms with Crippen LogP contribution in [0.15, 0.2) is 24.3 Å². The van der Waals surface area contributed by atoms with Crippen LogP contribution >= 0.6 is 0 Å². The standard InChI is InChI=1S/C18H30N2O/c1-3-11-20-12-5-6-16(14-19)18(20)15-7-9-17(10-8-15)21-13-4-2/h7-10,16,18H,3-6,11-14,19H2,1-2H3. The lowest BCUT2D eigenvalue weighted by Gasteiger charge is -2.41. The number of benzene rings is 1. The lowest BCUT2D eigenvalue weighted by molar-refractivity contribution is 0.0960. The van der Waals surface area contributed by atoms with Gasteiger partial charge in [-0.3, -0.25) is 4.90 Å². The third kappa shape index (κ3) is 4.21. The smallest absolute Gasteiger partial charge is 0.119 e. The van der Waals surface area contributed by atoms with Crippen molar-refractivity contribution in [2.45, 2.75) is 45.6 Å². The van der Waals surface area contributed by atoms with Crippen LogP contribution in [-0.4, -0.2) is 31.1 Å². The molecule has 1 saturated heterocycles. The van der Waals surface area contributed by atoms with Gasteiger partial charge < -0.3 is 10.5 Å². The van der Waals surface area contributed by atoms with Gasteiger partial charge in [-0.15, -0.1) is 0 Å². The maximum Gasteiger partial charge on any atom is 0.119 e. The highest BCUT2D eigenvalue weighted by Gasteiger charge is 2.31. The van der Waals surface area contributed by atoms with Gasteiger partial charge in [0.1, 0.15) is 5.75 Å². The average molecular weight is 290 g/mol. The minimum absolute atomic E-state index is 0.476. The van der Waals surface area contributed by atoms with E-state index in [1.54, 1.807) is 0 Å². The summed E-state index contributed by atoms with van der Waals surface area (Å²) in [5, 5.41) is 0. The Morgan fingerprint density at radius 1 is 1.19 bits per heavy atom. The zero-order chi connectivity index (χ0) is 15.1. The second kappa shape index (κ2) is 8.40. The molecule has 0 spiro atoms. The normalized spacial score (nSPS) is 23.2. The van der Waals surface area contributed by atoms with Crippen molar-refractivity contribution in [3.05, 3.63) is 29.8 Å². The molecule has 3 heteroatoms. The number of hydrogen-bond donors (Lipinski definition) is 1. The zero-order valence-electron chi connectivity index (χ0n) is 13.6. The van der Waals surface area contributed by atoms with Gasteiger partial charge in [0, 0.05) is 6.04 Å².